The first-order chi connectivity index (χ1) is 20.7. The average molecular weight is 609 g/mol. The molecule has 1 aromatic heterocycles. The number of carbonyl (C=O) groups is 3. The number of Topliss-reactive ketones (excluding diaryl/α,β-unsaturated/α-hetero) is 1. The minimum Gasteiger partial charge on any atom is -0.507 e. The van der Waals surface area contributed by atoms with Crippen LogP contribution in [0.4, 0.5) is 5.13 Å². The number of fused-ring (bicyclic) bond motifs is 1. The highest BCUT2D eigenvalue weighted by Crippen LogP contribution is 2.48. The van der Waals surface area contributed by atoms with Crippen LogP contribution in [-0.2, 0) is 14.3 Å². The number of ketones is 1. The zero-order chi connectivity index (χ0) is 30.8. The van der Waals surface area contributed by atoms with Gasteiger partial charge >= 0.3 is 11.9 Å². The summed E-state index contributed by atoms with van der Waals surface area (Å²) in [6, 6.07) is 6.64. The Hall–Kier alpha value is -5.04. The molecule has 0 spiro atoms. The van der Waals surface area contributed by atoms with Gasteiger partial charge in [-0.15, -0.1) is 0 Å². The number of aliphatic hydroxyl groups is 1. The van der Waals surface area contributed by atoms with Crippen molar-refractivity contribution in [3.05, 3.63) is 70.3 Å². The van der Waals surface area contributed by atoms with Crippen LogP contribution in [0.1, 0.15) is 32.5 Å². The van der Waals surface area contributed by atoms with Gasteiger partial charge in [-0.05, 0) is 42.8 Å². The Kier molecular flexibility index (Phi) is 8.26. The Balaban J connectivity index is 1.72. The molecule has 3 heterocycles. The van der Waals surface area contributed by atoms with Gasteiger partial charge in [-0.1, -0.05) is 24.0 Å². The van der Waals surface area contributed by atoms with Crippen molar-refractivity contribution in [2.45, 2.75) is 13.0 Å². The molecule has 2 aliphatic heterocycles. The van der Waals surface area contributed by atoms with E-state index in [0.717, 1.165) is 16.2 Å². The van der Waals surface area contributed by atoms with Gasteiger partial charge in [-0.3, -0.25) is 14.5 Å². The van der Waals surface area contributed by atoms with Crippen molar-refractivity contribution in [3.8, 4) is 28.7 Å². The molecule has 1 fully saturated rings. The monoisotopic (exact) mass is 608 g/mol. The minimum absolute atomic E-state index is 0.0169. The van der Waals surface area contributed by atoms with E-state index < -0.39 is 29.5 Å². The summed E-state index contributed by atoms with van der Waals surface area (Å²) in [6.45, 7) is 5.80. The summed E-state index contributed by atoms with van der Waals surface area (Å²) < 4.78 is 32.9. The van der Waals surface area contributed by atoms with Gasteiger partial charge in [-0.2, -0.15) is 0 Å². The van der Waals surface area contributed by atoms with Crippen molar-refractivity contribution in [2.75, 3.05) is 46.0 Å². The molecule has 5 rings (SSSR count). The van der Waals surface area contributed by atoms with E-state index in [2.05, 4.69) is 11.6 Å². The third kappa shape index (κ3) is 5.23. The Morgan fingerprint density at radius 2 is 1.77 bits per heavy atom. The number of aryl methyl sites for hydroxylation is 1. The van der Waals surface area contributed by atoms with E-state index in [0.29, 0.717) is 36.0 Å². The molecule has 12 nitrogen and oxygen atoms in total. The summed E-state index contributed by atoms with van der Waals surface area (Å²) in [5.74, 6) is -1.36. The number of aliphatic hydroxyl groups excluding tert-OH is 1. The topological polar surface area (TPSA) is 143 Å². The molecule has 1 atom stereocenters. The number of esters is 1. The molecule has 1 N–H and O–H groups in total. The number of carbonyl (C=O) groups excluding carboxylic acids is 3. The SMILES string of the molecule is C=CCOC(=O)c1sc(N2C(=O)C(=O)/C(=C(/O)c3ccc4c(c3)OCCO4)C2c2cc(OC)c(OC)c(OC)c2)nc1C. The van der Waals surface area contributed by atoms with Gasteiger partial charge in [0, 0.05) is 5.56 Å². The van der Waals surface area contributed by atoms with Gasteiger partial charge in [0.05, 0.1) is 38.6 Å². The molecule has 2 aliphatic rings. The van der Waals surface area contributed by atoms with Crippen molar-refractivity contribution in [2.24, 2.45) is 0 Å². The molecule has 0 aliphatic carbocycles. The van der Waals surface area contributed by atoms with E-state index in [-0.39, 0.29) is 45.0 Å². The maximum Gasteiger partial charge on any atom is 0.350 e. The summed E-state index contributed by atoms with van der Waals surface area (Å²) in [6.07, 6.45) is 1.43. The molecule has 2 aromatic carbocycles. The minimum atomic E-state index is -1.20. The van der Waals surface area contributed by atoms with Crippen LogP contribution in [0, 0.1) is 6.92 Å². The van der Waals surface area contributed by atoms with E-state index in [1.165, 1.54) is 33.5 Å². The molecule has 1 unspecified atom stereocenters. The summed E-state index contributed by atoms with van der Waals surface area (Å²) in [4.78, 5) is 45.8. The fourth-order valence-electron chi connectivity index (χ4n) is 4.83. The number of nitrogens with zero attached hydrogens (tertiary/aromatic N) is 2. The zero-order valence-electron chi connectivity index (χ0n) is 23.8. The van der Waals surface area contributed by atoms with Crippen molar-refractivity contribution < 1.29 is 47.9 Å². The number of aromatic nitrogens is 1. The summed E-state index contributed by atoms with van der Waals surface area (Å²) in [7, 11) is 4.30. The third-order valence-electron chi connectivity index (χ3n) is 6.77. The largest absolute Gasteiger partial charge is 0.507 e. The second-order valence-electron chi connectivity index (χ2n) is 9.28. The Morgan fingerprint density at radius 3 is 2.40 bits per heavy atom. The van der Waals surface area contributed by atoms with Gasteiger partial charge in [0.15, 0.2) is 28.1 Å². The predicted molar refractivity (Wildman–Crippen MR) is 156 cm³/mol. The molecule has 224 valence electrons. The van der Waals surface area contributed by atoms with E-state index in [1.54, 1.807) is 31.2 Å². The normalized spacial score (nSPS) is 17.0. The fourth-order valence-corrected chi connectivity index (χ4v) is 5.81. The summed E-state index contributed by atoms with van der Waals surface area (Å²) >= 11 is 0.880. The molecule has 0 radical (unpaired) electrons. The van der Waals surface area contributed by atoms with E-state index in [9.17, 15) is 19.5 Å². The van der Waals surface area contributed by atoms with Gasteiger partial charge in [-0.25, -0.2) is 9.78 Å². The number of rotatable bonds is 9. The van der Waals surface area contributed by atoms with Gasteiger partial charge in [0.2, 0.25) is 5.75 Å². The lowest BCUT2D eigenvalue weighted by molar-refractivity contribution is -0.132. The predicted octanol–water partition coefficient (Wildman–Crippen LogP) is 4.22. The fraction of sp³-hybridized carbons (Fsp3) is 0.267. The number of thiazole rings is 1. The highest BCUT2D eigenvalue weighted by Gasteiger charge is 2.49. The molecule has 3 aromatic rings. The first kappa shape index (κ1) is 29.5. The van der Waals surface area contributed by atoms with E-state index in [1.807, 2.05) is 0 Å². The van der Waals surface area contributed by atoms with Crippen LogP contribution in [0.5, 0.6) is 28.7 Å². The Bertz CT molecular complexity index is 1640. The van der Waals surface area contributed by atoms with Crippen LogP contribution in [0.2, 0.25) is 0 Å². The van der Waals surface area contributed by atoms with Crippen LogP contribution in [0.25, 0.3) is 5.76 Å². The first-order valence-corrected chi connectivity index (χ1v) is 13.8. The lowest BCUT2D eigenvalue weighted by Gasteiger charge is -2.25. The molecular formula is C30H28N2O10S. The van der Waals surface area contributed by atoms with Crippen molar-refractivity contribution in [1.82, 2.24) is 4.98 Å². The maximum absolute atomic E-state index is 13.7. The summed E-state index contributed by atoms with van der Waals surface area (Å²) in [5, 5.41) is 11.6. The molecule has 1 saturated heterocycles. The van der Waals surface area contributed by atoms with Crippen molar-refractivity contribution in [1.29, 1.82) is 0 Å². The van der Waals surface area contributed by atoms with Crippen LogP contribution < -0.4 is 28.6 Å². The second kappa shape index (κ2) is 12.1. The highest BCUT2D eigenvalue weighted by molar-refractivity contribution is 7.17. The molecule has 43 heavy (non-hydrogen) atoms. The molecular weight excluding hydrogens is 580 g/mol. The van der Waals surface area contributed by atoms with Crippen LogP contribution >= 0.6 is 11.3 Å². The molecule has 1 amide bonds. The Labute approximate surface area is 250 Å². The number of ether oxygens (including phenoxy) is 6. The number of benzene rings is 2. The summed E-state index contributed by atoms with van der Waals surface area (Å²) in [5.41, 5.74) is 0.645. The third-order valence-corrected chi connectivity index (χ3v) is 7.91. The first-order valence-electron chi connectivity index (χ1n) is 13.0. The quantitative estimate of drug-likeness (QED) is 0.123. The number of anilines is 1. The van der Waals surface area contributed by atoms with Crippen LogP contribution in [-0.4, -0.2) is 68.9 Å². The standard InChI is InChI=1S/C30H28N2O10S/c1-6-9-42-29(36)27-15(2)31-30(43-27)32-23(17-13-20(37-3)26(39-5)21(14-17)38-4)22(25(34)28(32)35)24(33)16-7-8-18-19(12-16)41-11-10-40-18/h6-8,12-14,23,33H,1,9-11H2,2-5H3/b24-22+. The zero-order valence-corrected chi connectivity index (χ0v) is 24.6. The van der Waals surface area contributed by atoms with Crippen LogP contribution in [0.3, 0.4) is 0 Å². The van der Waals surface area contributed by atoms with Gasteiger partial charge in [0.25, 0.3) is 5.78 Å². The number of hydrogen-bond acceptors (Lipinski definition) is 12. The van der Waals surface area contributed by atoms with E-state index >= 15 is 0 Å². The Morgan fingerprint density at radius 1 is 1.09 bits per heavy atom. The van der Waals surface area contributed by atoms with Gasteiger partial charge < -0.3 is 33.5 Å². The number of amides is 1. The highest BCUT2D eigenvalue weighted by atomic mass is 32.1. The number of hydrogen-bond donors (Lipinski definition) is 1. The van der Waals surface area contributed by atoms with E-state index in [4.69, 9.17) is 28.4 Å². The van der Waals surface area contributed by atoms with Gasteiger partial charge in [0.1, 0.15) is 30.5 Å². The van der Waals surface area contributed by atoms with Crippen LogP contribution in [0.15, 0.2) is 48.6 Å². The number of methoxy groups -OCH3 is 3. The second-order valence-corrected chi connectivity index (χ2v) is 10.3. The molecule has 13 heteroatoms. The van der Waals surface area contributed by atoms with Crippen molar-refractivity contribution in [3.63, 3.8) is 0 Å². The maximum atomic E-state index is 13.7. The average Bonchev–Trinajstić information content (AvgIpc) is 3.54. The molecule has 0 saturated carbocycles. The van der Waals surface area contributed by atoms with Crippen molar-refractivity contribution >= 4 is 39.9 Å². The molecule has 0 bridgehead atoms. The smallest absolute Gasteiger partial charge is 0.350 e. The lowest BCUT2D eigenvalue weighted by Crippen LogP contribution is -2.29. The lowest BCUT2D eigenvalue weighted by atomic mass is 9.94.